The molecule has 2 fully saturated rings. The zero-order chi connectivity index (χ0) is 17.8. The number of piperidine rings is 1. The largest absolute Gasteiger partial charge is 0.379 e. The van der Waals surface area contributed by atoms with Crippen molar-refractivity contribution in [3.8, 4) is 0 Å². The molecule has 1 aromatic carbocycles. The van der Waals surface area contributed by atoms with Crippen molar-refractivity contribution < 1.29 is 9.53 Å². The quantitative estimate of drug-likeness (QED) is 0.847. The predicted octanol–water partition coefficient (Wildman–Crippen LogP) is 2.49. The van der Waals surface area contributed by atoms with Crippen molar-refractivity contribution in [3.63, 3.8) is 0 Å². The third-order valence-corrected chi connectivity index (χ3v) is 5.52. The first-order valence-electron chi connectivity index (χ1n) is 9.73. The fourth-order valence-electron chi connectivity index (χ4n) is 4.09. The Hall–Kier alpha value is -1.98. The lowest BCUT2D eigenvalue weighted by atomic mass is 10.00. The highest BCUT2D eigenvalue weighted by atomic mass is 16.5. The normalized spacial score (nSPS) is 21.8. The third kappa shape index (κ3) is 4.05. The molecule has 2 aliphatic heterocycles. The average Bonchev–Trinajstić information content (AvgIpc) is 2.69. The Morgan fingerprint density at radius 1 is 1.15 bits per heavy atom. The minimum absolute atomic E-state index is 0.236. The van der Waals surface area contributed by atoms with Gasteiger partial charge in [-0.3, -0.25) is 14.7 Å². The number of ether oxygens (including phenoxy) is 1. The summed E-state index contributed by atoms with van der Waals surface area (Å²) < 4.78 is 5.45. The average molecular weight is 353 g/mol. The lowest BCUT2D eigenvalue weighted by Crippen LogP contribution is -2.51. The molecule has 1 aromatic heterocycles. The molecule has 0 bridgehead atoms. The number of aromatic nitrogens is 1. The van der Waals surface area contributed by atoms with E-state index in [2.05, 4.69) is 26.9 Å². The summed E-state index contributed by atoms with van der Waals surface area (Å²) in [6.07, 6.45) is 5.73. The summed E-state index contributed by atoms with van der Waals surface area (Å²) in [4.78, 5) is 22.1. The van der Waals surface area contributed by atoms with Gasteiger partial charge in [-0.05, 0) is 37.0 Å². The maximum atomic E-state index is 13.0. The van der Waals surface area contributed by atoms with Crippen LogP contribution in [0.3, 0.4) is 0 Å². The second kappa shape index (κ2) is 8.14. The van der Waals surface area contributed by atoms with E-state index in [1.807, 2.05) is 24.4 Å². The van der Waals surface area contributed by atoms with Crippen molar-refractivity contribution >= 4 is 16.8 Å². The molecule has 5 heteroatoms. The first-order chi connectivity index (χ1) is 12.8. The lowest BCUT2D eigenvalue weighted by molar-refractivity contribution is -0.134. The Labute approximate surface area is 154 Å². The van der Waals surface area contributed by atoms with Crippen LogP contribution in [0, 0.1) is 0 Å². The van der Waals surface area contributed by atoms with Crippen LogP contribution in [0.15, 0.2) is 36.5 Å². The van der Waals surface area contributed by atoms with Gasteiger partial charge in [-0.25, -0.2) is 0 Å². The van der Waals surface area contributed by atoms with Gasteiger partial charge >= 0.3 is 0 Å². The minimum atomic E-state index is 0.236. The van der Waals surface area contributed by atoms with E-state index in [0.29, 0.717) is 12.5 Å². The summed E-state index contributed by atoms with van der Waals surface area (Å²) in [6.45, 7) is 5.44. The number of hydrogen-bond donors (Lipinski definition) is 0. The Morgan fingerprint density at radius 3 is 2.88 bits per heavy atom. The standard InChI is InChI=1S/C21H27N3O2/c25-21(14-17-13-18-5-1-2-7-20(18)22-15-17)24-8-4-3-6-19(24)16-23-9-11-26-12-10-23/h1-2,5,7,13,15,19H,3-4,6,8-12,14,16H2. The Kier molecular flexibility index (Phi) is 5.46. The van der Waals surface area contributed by atoms with Gasteiger partial charge in [-0.1, -0.05) is 18.2 Å². The maximum Gasteiger partial charge on any atom is 0.227 e. The van der Waals surface area contributed by atoms with E-state index in [-0.39, 0.29) is 5.91 Å². The number of para-hydroxylation sites is 1. The molecule has 2 saturated heterocycles. The van der Waals surface area contributed by atoms with E-state index in [4.69, 9.17) is 4.74 Å². The van der Waals surface area contributed by atoms with Crippen LogP contribution in [0.25, 0.3) is 10.9 Å². The molecule has 0 aliphatic carbocycles. The number of likely N-dealkylation sites (tertiary alicyclic amines) is 1. The summed E-state index contributed by atoms with van der Waals surface area (Å²) in [5.41, 5.74) is 1.98. The molecule has 138 valence electrons. The van der Waals surface area contributed by atoms with Crippen molar-refractivity contribution in [1.29, 1.82) is 0 Å². The van der Waals surface area contributed by atoms with Gasteiger partial charge in [-0.15, -0.1) is 0 Å². The van der Waals surface area contributed by atoms with E-state index in [0.717, 1.165) is 68.7 Å². The van der Waals surface area contributed by atoms with Crippen molar-refractivity contribution in [2.24, 2.45) is 0 Å². The molecule has 5 nitrogen and oxygen atoms in total. The summed E-state index contributed by atoms with van der Waals surface area (Å²) in [5, 5.41) is 1.10. The number of benzene rings is 1. The first-order valence-corrected chi connectivity index (χ1v) is 9.73. The molecular formula is C21H27N3O2. The van der Waals surface area contributed by atoms with Gasteiger partial charge in [0.25, 0.3) is 0 Å². The van der Waals surface area contributed by atoms with Gasteiger partial charge in [0.05, 0.1) is 25.2 Å². The molecule has 4 rings (SSSR count). The Balaban J connectivity index is 1.43. The molecule has 0 radical (unpaired) electrons. The number of rotatable bonds is 4. The highest BCUT2D eigenvalue weighted by Crippen LogP contribution is 2.21. The van der Waals surface area contributed by atoms with Gasteiger partial charge in [0, 0.05) is 43.8 Å². The van der Waals surface area contributed by atoms with Crippen LogP contribution in [0.4, 0.5) is 0 Å². The molecule has 26 heavy (non-hydrogen) atoms. The van der Waals surface area contributed by atoms with Crippen molar-refractivity contribution in [2.75, 3.05) is 39.4 Å². The van der Waals surface area contributed by atoms with Crippen molar-refractivity contribution in [1.82, 2.24) is 14.8 Å². The smallest absolute Gasteiger partial charge is 0.227 e. The van der Waals surface area contributed by atoms with Crippen LogP contribution in [-0.4, -0.2) is 66.1 Å². The molecule has 0 spiro atoms. The van der Waals surface area contributed by atoms with Crippen LogP contribution < -0.4 is 0 Å². The number of carbonyl (C=O) groups excluding carboxylic acids is 1. The maximum absolute atomic E-state index is 13.0. The third-order valence-electron chi connectivity index (χ3n) is 5.52. The van der Waals surface area contributed by atoms with E-state index >= 15 is 0 Å². The summed E-state index contributed by atoms with van der Waals surface area (Å²) >= 11 is 0. The Morgan fingerprint density at radius 2 is 2.00 bits per heavy atom. The Bertz CT molecular complexity index is 758. The van der Waals surface area contributed by atoms with Crippen LogP contribution in [-0.2, 0) is 16.0 Å². The zero-order valence-corrected chi connectivity index (χ0v) is 15.3. The molecule has 0 N–H and O–H groups in total. The number of morpholine rings is 1. The number of pyridine rings is 1. The van der Waals surface area contributed by atoms with Crippen LogP contribution in [0.2, 0.25) is 0 Å². The van der Waals surface area contributed by atoms with Gasteiger partial charge in [0.1, 0.15) is 0 Å². The van der Waals surface area contributed by atoms with Gasteiger partial charge in [0.15, 0.2) is 0 Å². The van der Waals surface area contributed by atoms with E-state index in [9.17, 15) is 4.79 Å². The molecule has 1 amide bonds. The molecule has 2 aliphatic rings. The van der Waals surface area contributed by atoms with E-state index in [1.54, 1.807) is 0 Å². The summed E-state index contributed by atoms with van der Waals surface area (Å²) in [5.74, 6) is 0.236. The number of fused-ring (bicyclic) bond motifs is 1. The lowest BCUT2D eigenvalue weighted by Gasteiger charge is -2.39. The molecule has 2 aromatic rings. The fourth-order valence-corrected chi connectivity index (χ4v) is 4.09. The number of carbonyl (C=O) groups is 1. The number of nitrogens with zero attached hydrogens (tertiary/aromatic N) is 3. The second-order valence-corrected chi connectivity index (χ2v) is 7.36. The van der Waals surface area contributed by atoms with E-state index < -0.39 is 0 Å². The number of amides is 1. The van der Waals surface area contributed by atoms with Gasteiger partial charge in [-0.2, -0.15) is 0 Å². The highest BCUT2D eigenvalue weighted by Gasteiger charge is 2.28. The van der Waals surface area contributed by atoms with E-state index in [1.165, 1.54) is 6.42 Å². The van der Waals surface area contributed by atoms with Crippen LogP contribution in [0.1, 0.15) is 24.8 Å². The molecule has 1 atom stereocenters. The fraction of sp³-hybridized carbons (Fsp3) is 0.524. The second-order valence-electron chi connectivity index (χ2n) is 7.36. The number of hydrogen-bond acceptors (Lipinski definition) is 4. The minimum Gasteiger partial charge on any atom is -0.379 e. The van der Waals surface area contributed by atoms with Crippen LogP contribution in [0.5, 0.6) is 0 Å². The topological polar surface area (TPSA) is 45.7 Å². The van der Waals surface area contributed by atoms with Gasteiger partial charge < -0.3 is 9.64 Å². The first kappa shape index (κ1) is 17.4. The summed E-state index contributed by atoms with van der Waals surface area (Å²) in [7, 11) is 0. The van der Waals surface area contributed by atoms with Crippen molar-refractivity contribution in [2.45, 2.75) is 31.7 Å². The molecule has 1 unspecified atom stereocenters. The summed E-state index contributed by atoms with van der Waals surface area (Å²) in [6, 6.07) is 10.5. The van der Waals surface area contributed by atoms with Crippen molar-refractivity contribution in [3.05, 3.63) is 42.1 Å². The zero-order valence-electron chi connectivity index (χ0n) is 15.3. The molecule has 3 heterocycles. The van der Waals surface area contributed by atoms with Gasteiger partial charge in [0.2, 0.25) is 5.91 Å². The molecular weight excluding hydrogens is 326 g/mol. The molecule has 0 saturated carbocycles. The highest BCUT2D eigenvalue weighted by molar-refractivity contribution is 5.83. The predicted molar refractivity (Wildman–Crippen MR) is 102 cm³/mol. The monoisotopic (exact) mass is 353 g/mol. The van der Waals surface area contributed by atoms with Crippen LogP contribution >= 0.6 is 0 Å². The SMILES string of the molecule is O=C(Cc1cnc2ccccc2c1)N1CCCCC1CN1CCOCC1.